The van der Waals surface area contributed by atoms with E-state index in [0.717, 1.165) is 44.4 Å². The Balaban J connectivity index is 1.42. The Morgan fingerprint density at radius 1 is 1.30 bits per heavy atom. The number of amides is 2. The largest absolute Gasteiger partial charge is 0.460 e. The minimum absolute atomic E-state index is 0.000885. The van der Waals surface area contributed by atoms with E-state index in [1.807, 2.05) is 0 Å². The molecule has 8 heteroatoms. The summed E-state index contributed by atoms with van der Waals surface area (Å²) in [4.78, 5) is 33.5. The molecule has 142 valence electrons. The number of aromatic nitrogens is 1. The summed E-state index contributed by atoms with van der Waals surface area (Å²) in [6.07, 6.45) is 5.44. The van der Waals surface area contributed by atoms with Crippen LogP contribution < -0.4 is 15.5 Å². The Morgan fingerprint density at radius 3 is 2.89 bits per heavy atom. The molecule has 6 rings (SSSR count). The molecule has 8 nitrogen and oxygen atoms in total. The zero-order chi connectivity index (χ0) is 18.4. The van der Waals surface area contributed by atoms with E-state index in [4.69, 9.17) is 4.42 Å². The fourth-order valence-corrected chi connectivity index (χ4v) is 4.54. The van der Waals surface area contributed by atoms with Gasteiger partial charge < -0.3 is 24.9 Å². The summed E-state index contributed by atoms with van der Waals surface area (Å²) in [7, 11) is 0. The zero-order valence-electron chi connectivity index (χ0n) is 15.1. The van der Waals surface area contributed by atoms with Crippen LogP contribution in [0.5, 0.6) is 0 Å². The number of pyridine rings is 1. The molecule has 0 aromatic carbocycles. The number of furan rings is 1. The first kappa shape index (κ1) is 16.7. The normalized spacial score (nSPS) is 27.9. The van der Waals surface area contributed by atoms with E-state index in [1.54, 1.807) is 23.4 Å². The SMILES string of the molecule is O=C(N[C@H]1CN2CCC1CC2)c1nccc2c(N3CCNCC3=O)coc12. The standard InChI is InChI=1S/C19H23N5O3/c25-16-9-20-5-8-24(16)15-11-27-18-13(15)1-4-21-17(18)19(26)22-14-10-23-6-2-12(14)3-7-23/h1,4,11-12,14,20H,2-3,5-10H2,(H,22,26)/t14-/m0/s1. The maximum atomic E-state index is 12.9. The van der Waals surface area contributed by atoms with E-state index in [1.165, 1.54) is 0 Å². The average Bonchev–Trinajstić information content (AvgIpc) is 3.13. The molecule has 0 unspecified atom stereocenters. The number of nitrogens with one attached hydrogen (secondary N) is 2. The van der Waals surface area contributed by atoms with Crippen molar-refractivity contribution in [3.8, 4) is 0 Å². The van der Waals surface area contributed by atoms with Gasteiger partial charge in [-0.2, -0.15) is 0 Å². The van der Waals surface area contributed by atoms with Gasteiger partial charge in [-0.3, -0.25) is 9.59 Å². The predicted octanol–water partition coefficient (Wildman–Crippen LogP) is 0.588. The van der Waals surface area contributed by atoms with Crippen LogP contribution >= 0.6 is 0 Å². The van der Waals surface area contributed by atoms with Crippen molar-refractivity contribution in [3.63, 3.8) is 0 Å². The molecule has 4 saturated heterocycles. The average molecular weight is 369 g/mol. The number of piperidine rings is 3. The second-order valence-corrected chi connectivity index (χ2v) is 7.60. The number of carbonyl (C=O) groups excluding carboxylic acids is 2. The van der Waals surface area contributed by atoms with Gasteiger partial charge in [-0.1, -0.05) is 0 Å². The Hall–Kier alpha value is -2.45. The highest BCUT2D eigenvalue weighted by molar-refractivity contribution is 6.09. The minimum atomic E-state index is -0.202. The van der Waals surface area contributed by atoms with Crippen molar-refractivity contribution in [1.29, 1.82) is 0 Å². The third-order valence-corrected chi connectivity index (χ3v) is 6.04. The third-order valence-electron chi connectivity index (χ3n) is 6.04. The molecular formula is C19H23N5O3. The zero-order valence-corrected chi connectivity index (χ0v) is 15.1. The summed E-state index contributed by atoms with van der Waals surface area (Å²) in [6.45, 7) is 4.79. The van der Waals surface area contributed by atoms with Gasteiger partial charge in [0, 0.05) is 37.3 Å². The maximum absolute atomic E-state index is 12.9. The number of rotatable bonds is 3. The summed E-state index contributed by atoms with van der Waals surface area (Å²) >= 11 is 0. The number of hydrogen-bond acceptors (Lipinski definition) is 6. The predicted molar refractivity (Wildman–Crippen MR) is 99.6 cm³/mol. The molecule has 6 heterocycles. The molecule has 2 amide bonds. The molecule has 4 aliphatic rings. The van der Waals surface area contributed by atoms with Crippen molar-refractivity contribution in [3.05, 3.63) is 24.2 Å². The van der Waals surface area contributed by atoms with Crippen molar-refractivity contribution in [2.45, 2.75) is 18.9 Å². The van der Waals surface area contributed by atoms with Crippen molar-refractivity contribution in [2.75, 3.05) is 44.2 Å². The maximum Gasteiger partial charge on any atom is 0.274 e. The molecular weight excluding hydrogens is 346 g/mol. The topological polar surface area (TPSA) is 90.7 Å². The van der Waals surface area contributed by atoms with Crippen molar-refractivity contribution in [2.24, 2.45) is 5.92 Å². The van der Waals surface area contributed by atoms with Gasteiger partial charge >= 0.3 is 0 Å². The van der Waals surface area contributed by atoms with E-state index >= 15 is 0 Å². The van der Waals surface area contributed by atoms with Crippen LogP contribution in [-0.2, 0) is 4.79 Å². The highest BCUT2D eigenvalue weighted by Gasteiger charge is 2.35. The molecule has 2 N–H and O–H groups in total. The molecule has 2 aromatic heterocycles. The van der Waals surface area contributed by atoms with E-state index in [2.05, 4.69) is 20.5 Å². The molecule has 2 aromatic rings. The molecule has 27 heavy (non-hydrogen) atoms. The van der Waals surface area contributed by atoms with Gasteiger partial charge in [-0.25, -0.2) is 4.98 Å². The van der Waals surface area contributed by atoms with Crippen LogP contribution in [0.3, 0.4) is 0 Å². The number of nitrogens with zero attached hydrogens (tertiary/aromatic N) is 3. The highest BCUT2D eigenvalue weighted by Crippen LogP contribution is 2.32. The number of piperazine rings is 1. The molecule has 1 atom stereocenters. The molecule has 0 saturated carbocycles. The van der Waals surface area contributed by atoms with Gasteiger partial charge in [0.2, 0.25) is 5.91 Å². The molecule has 0 radical (unpaired) electrons. The first-order chi connectivity index (χ1) is 13.2. The van der Waals surface area contributed by atoms with Crippen LogP contribution in [0.25, 0.3) is 11.0 Å². The number of hydrogen-bond donors (Lipinski definition) is 2. The minimum Gasteiger partial charge on any atom is -0.460 e. The Morgan fingerprint density at radius 2 is 2.15 bits per heavy atom. The van der Waals surface area contributed by atoms with Crippen molar-refractivity contribution in [1.82, 2.24) is 20.5 Å². The van der Waals surface area contributed by atoms with Crippen molar-refractivity contribution < 1.29 is 14.0 Å². The summed E-state index contributed by atoms with van der Waals surface area (Å²) in [5, 5.41) is 6.97. The van der Waals surface area contributed by atoms with Gasteiger partial charge in [0.1, 0.15) is 6.26 Å². The van der Waals surface area contributed by atoms with Crippen LogP contribution in [0.1, 0.15) is 23.3 Å². The Labute approximate surface area is 156 Å². The van der Waals surface area contributed by atoms with Crippen LogP contribution in [0.4, 0.5) is 5.69 Å². The quantitative estimate of drug-likeness (QED) is 0.823. The van der Waals surface area contributed by atoms with E-state index < -0.39 is 0 Å². The van der Waals surface area contributed by atoms with Gasteiger partial charge in [-0.05, 0) is 37.9 Å². The summed E-state index contributed by atoms with van der Waals surface area (Å²) in [6, 6.07) is 1.97. The second kappa shape index (κ2) is 6.61. The fraction of sp³-hybridized carbons (Fsp3) is 0.526. The lowest BCUT2D eigenvalue weighted by molar-refractivity contribution is -0.118. The van der Waals surface area contributed by atoms with E-state index in [0.29, 0.717) is 30.3 Å². The van der Waals surface area contributed by atoms with Gasteiger partial charge in [0.25, 0.3) is 5.91 Å². The lowest BCUT2D eigenvalue weighted by atomic mass is 9.84. The smallest absolute Gasteiger partial charge is 0.274 e. The Kier molecular flexibility index (Phi) is 4.09. The fourth-order valence-electron chi connectivity index (χ4n) is 4.54. The van der Waals surface area contributed by atoms with E-state index in [-0.39, 0.29) is 23.6 Å². The molecule has 2 bridgehead atoms. The van der Waals surface area contributed by atoms with Crippen molar-refractivity contribution >= 4 is 28.5 Å². The second-order valence-electron chi connectivity index (χ2n) is 7.60. The van der Waals surface area contributed by atoms with Gasteiger partial charge in [0.15, 0.2) is 11.3 Å². The Bertz CT molecular complexity index is 887. The van der Waals surface area contributed by atoms with Gasteiger partial charge in [0.05, 0.1) is 12.2 Å². The summed E-state index contributed by atoms with van der Waals surface area (Å²) in [5.41, 5.74) is 1.44. The van der Waals surface area contributed by atoms with Gasteiger partial charge in [-0.15, -0.1) is 0 Å². The molecule has 0 aliphatic carbocycles. The third kappa shape index (κ3) is 2.89. The number of carbonyl (C=O) groups is 2. The van der Waals surface area contributed by atoms with Crippen LogP contribution in [-0.4, -0.2) is 67.0 Å². The summed E-state index contributed by atoms with van der Waals surface area (Å²) in [5.74, 6) is 0.342. The number of fused-ring (bicyclic) bond motifs is 4. The monoisotopic (exact) mass is 369 g/mol. The number of anilines is 1. The van der Waals surface area contributed by atoms with Crippen LogP contribution in [0.15, 0.2) is 22.9 Å². The van der Waals surface area contributed by atoms with E-state index in [9.17, 15) is 9.59 Å². The molecule has 4 aliphatic heterocycles. The first-order valence-electron chi connectivity index (χ1n) is 9.61. The lowest BCUT2D eigenvalue weighted by Gasteiger charge is -2.44. The van der Waals surface area contributed by atoms with Crippen LogP contribution in [0.2, 0.25) is 0 Å². The first-order valence-corrected chi connectivity index (χ1v) is 9.61. The summed E-state index contributed by atoms with van der Waals surface area (Å²) < 4.78 is 5.71. The molecule has 4 fully saturated rings. The lowest BCUT2D eigenvalue weighted by Crippen LogP contribution is -2.57. The highest BCUT2D eigenvalue weighted by atomic mass is 16.3. The molecule has 0 spiro atoms. The van der Waals surface area contributed by atoms with Crippen LogP contribution in [0, 0.1) is 5.92 Å².